The number of hydrogen-bond donors (Lipinski definition) is 0. The maximum atomic E-state index is 12.8. The minimum atomic E-state index is -4.67. The Morgan fingerprint density at radius 1 is 1.24 bits per heavy atom. The van der Waals surface area contributed by atoms with Crippen LogP contribution in [0.1, 0.15) is 32.4 Å². The lowest BCUT2D eigenvalue weighted by Crippen LogP contribution is -2.73. The first-order chi connectivity index (χ1) is 13.3. The zero-order valence-corrected chi connectivity index (χ0v) is 17.7. The van der Waals surface area contributed by atoms with Gasteiger partial charge in [0.2, 0.25) is 0 Å². The van der Waals surface area contributed by atoms with E-state index < -0.39 is 26.9 Å². The van der Waals surface area contributed by atoms with E-state index in [1.807, 2.05) is 0 Å². The Morgan fingerprint density at radius 3 is 2.45 bits per heavy atom. The SMILES string of the molecule is Cn1nc(C(F)(F)F)cc1S(=O)(=O)N1CC2(CN(C[C@H]3CCOC(C)(C)C3)C2)C1. The van der Waals surface area contributed by atoms with Gasteiger partial charge >= 0.3 is 6.18 Å². The molecule has 0 saturated carbocycles. The van der Waals surface area contributed by atoms with Crippen LogP contribution in [0.15, 0.2) is 11.1 Å². The summed E-state index contributed by atoms with van der Waals surface area (Å²) in [4.78, 5) is 2.35. The summed E-state index contributed by atoms with van der Waals surface area (Å²) in [6.45, 7) is 8.31. The number of sulfonamides is 1. The van der Waals surface area contributed by atoms with Crippen LogP contribution < -0.4 is 0 Å². The van der Waals surface area contributed by atoms with Gasteiger partial charge in [-0.25, -0.2) is 8.42 Å². The second kappa shape index (κ2) is 6.66. The van der Waals surface area contributed by atoms with Crippen molar-refractivity contribution in [2.75, 3.05) is 39.3 Å². The van der Waals surface area contributed by atoms with Gasteiger partial charge in [-0.2, -0.15) is 22.6 Å². The van der Waals surface area contributed by atoms with Crippen molar-refractivity contribution in [1.82, 2.24) is 19.0 Å². The van der Waals surface area contributed by atoms with Crippen molar-refractivity contribution in [2.24, 2.45) is 18.4 Å². The lowest BCUT2D eigenvalue weighted by molar-refractivity contribution is -0.141. The van der Waals surface area contributed by atoms with E-state index in [1.165, 1.54) is 11.4 Å². The van der Waals surface area contributed by atoms with Crippen molar-refractivity contribution >= 4 is 10.0 Å². The van der Waals surface area contributed by atoms with Gasteiger partial charge in [-0.05, 0) is 32.6 Å². The van der Waals surface area contributed by atoms with Crippen molar-refractivity contribution in [2.45, 2.75) is 43.5 Å². The van der Waals surface area contributed by atoms with Crippen LogP contribution in [0, 0.1) is 11.3 Å². The first kappa shape index (κ1) is 21.1. The summed E-state index contributed by atoms with van der Waals surface area (Å²) in [6.07, 6.45) is -2.62. The van der Waals surface area contributed by atoms with Gasteiger partial charge in [0.05, 0.1) is 5.60 Å². The minimum absolute atomic E-state index is 0.0702. The summed E-state index contributed by atoms with van der Waals surface area (Å²) in [5.74, 6) is 0.575. The number of rotatable bonds is 4. The minimum Gasteiger partial charge on any atom is -0.376 e. The largest absolute Gasteiger partial charge is 0.435 e. The fraction of sp³-hybridized carbons (Fsp3) is 0.833. The molecule has 0 aromatic carbocycles. The molecule has 1 spiro atoms. The highest BCUT2D eigenvalue weighted by molar-refractivity contribution is 7.89. The Hall–Kier alpha value is -1.17. The van der Waals surface area contributed by atoms with Gasteiger partial charge in [0.25, 0.3) is 10.0 Å². The van der Waals surface area contributed by atoms with E-state index in [-0.39, 0.29) is 11.0 Å². The third kappa shape index (κ3) is 3.94. The number of halogens is 3. The van der Waals surface area contributed by atoms with Crippen LogP contribution in [-0.4, -0.2) is 72.3 Å². The van der Waals surface area contributed by atoms with Crippen LogP contribution >= 0.6 is 0 Å². The molecule has 0 amide bonds. The van der Waals surface area contributed by atoms with E-state index in [0.29, 0.717) is 25.1 Å². The molecule has 11 heteroatoms. The number of hydrogen-bond acceptors (Lipinski definition) is 5. The van der Waals surface area contributed by atoms with Crippen LogP contribution in [0.3, 0.4) is 0 Å². The average molecular weight is 437 g/mol. The van der Waals surface area contributed by atoms with Crippen molar-refractivity contribution in [3.05, 3.63) is 11.8 Å². The van der Waals surface area contributed by atoms with Crippen LogP contribution in [0.5, 0.6) is 0 Å². The first-order valence-corrected chi connectivity index (χ1v) is 11.2. The number of nitrogens with zero attached hydrogens (tertiary/aromatic N) is 4. The second-order valence-electron chi connectivity index (χ2n) is 9.40. The van der Waals surface area contributed by atoms with Crippen LogP contribution in [0.2, 0.25) is 0 Å². The molecule has 7 nitrogen and oxygen atoms in total. The lowest BCUT2D eigenvalue weighted by atomic mass is 9.73. The molecule has 1 atom stereocenters. The van der Waals surface area contributed by atoms with Crippen molar-refractivity contribution in [3.8, 4) is 0 Å². The number of likely N-dealkylation sites (tertiary alicyclic amines) is 1. The third-order valence-corrected chi connectivity index (χ3v) is 8.04. The molecular formula is C18H27F3N4O3S. The van der Waals surface area contributed by atoms with Gasteiger partial charge < -0.3 is 9.64 Å². The summed E-state index contributed by atoms with van der Waals surface area (Å²) in [6, 6.07) is 0.611. The standard InChI is InChI=1S/C18H27F3N4O3S/c1-16(2)7-13(4-5-28-16)8-24-9-17(10-24)11-25(12-17)29(26,27)15-6-14(18(19,20)21)22-23(15)3/h6,13H,4-5,7-12H2,1-3H3/t13-/m0/s1. The highest BCUT2D eigenvalue weighted by Crippen LogP contribution is 2.43. The Kier molecular flexibility index (Phi) is 4.84. The van der Waals surface area contributed by atoms with Crippen molar-refractivity contribution in [3.63, 3.8) is 0 Å². The number of alkyl halides is 3. The van der Waals surface area contributed by atoms with E-state index in [9.17, 15) is 21.6 Å². The van der Waals surface area contributed by atoms with Crippen LogP contribution in [0.25, 0.3) is 0 Å². The van der Waals surface area contributed by atoms with Gasteiger partial charge in [-0.15, -0.1) is 0 Å². The summed E-state index contributed by atoms with van der Waals surface area (Å²) in [5.41, 5.74) is -1.35. The Labute approximate surface area is 168 Å². The van der Waals surface area contributed by atoms with Gasteiger partial charge in [0.1, 0.15) is 0 Å². The summed E-state index contributed by atoms with van der Waals surface area (Å²) >= 11 is 0. The van der Waals surface area contributed by atoms with E-state index in [1.54, 1.807) is 0 Å². The Bertz CT molecular complexity index is 883. The summed E-state index contributed by atoms with van der Waals surface area (Å²) < 4.78 is 71.8. The van der Waals surface area contributed by atoms with E-state index in [2.05, 4.69) is 23.8 Å². The fourth-order valence-electron chi connectivity index (χ4n) is 4.94. The number of ether oxygens (including phenoxy) is 1. The molecule has 3 saturated heterocycles. The van der Waals surface area contributed by atoms with Crippen molar-refractivity contribution in [1.29, 1.82) is 0 Å². The van der Waals surface area contributed by atoms with Gasteiger partial charge in [0.15, 0.2) is 10.7 Å². The van der Waals surface area contributed by atoms with E-state index >= 15 is 0 Å². The molecule has 0 bridgehead atoms. The predicted octanol–water partition coefficient (Wildman–Crippen LogP) is 1.95. The second-order valence-corrected chi connectivity index (χ2v) is 11.3. The normalized spacial score (nSPS) is 27.6. The molecular weight excluding hydrogens is 409 g/mol. The fourth-order valence-corrected chi connectivity index (χ4v) is 6.73. The highest BCUT2D eigenvalue weighted by Gasteiger charge is 2.56. The summed E-state index contributed by atoms with van der Waals surface area (Å²) in [7, 11) is -2.76. The molecule has 0 unspecified atom stereocenters. The third-order valence-electron chi connectivity index (χ3n) is 6.19. The maximum absolute atomic E-state index is 12.8. The monoisotopic (exact) mass is 436 g/mol. The molecule has 29 heavy (non-hydrogen) atoms. The number of aromatic nitrogens is 2. The molecule has 1 aromatic heterocycles. The van der Waals surface area contributed by atoms with Crippen LogP contribution in [0.4, 0.5) is 13.2 Å². The van der Waals surface area contributed by atoms with Gasteiger partial charge in [-0.1, -0.05) is 0 Å². The first-order valence-electron chi connectivity index (χ1n) is 9.78. The predicted molar refractivity (Wildman–Crippen MR) is 98.6 cm³/mol. The highest BCUT2D eigenvalue weighted by atomic mass is 32.2. The van der Waals surface area contributed by atoms with Crippen molar-refractivity contribution < 1.29 is 26.3 Å². The molecule has 0 radical (unpaired) electrons. The zero-order valence-electron chi connectivity index (χ0n) is 16.9. The molecule has 4 rings (SSSR count). The summed E-state index contributed by atoms with van der Waals surface area (Å²) in [5, 5.41) is 2.90. The molecule has 4 heterocycles. The van der Waals surface area contributed by atoms with Gasteiger partial charge in [0, 0.05) is 57.9 Å². The molecule has 1 aromatic rings. The van der Waals surface area contributed by atoms with E-state index in [0.717, 1.165) is 43.8 Å². The molecule has 0 aliphatic carbocycles. The number of aryl methyl sites for hydroxylation is 1. The smallest absolute Gasteiger partial charge is 0.376 e. The van der Waals surface area contributed by atoms with Gasteiger partial charge in [-0.3, -0.25) is 4.68 Å². The topological polar surface area (TPSA) is 67.7 Å². The van der Waals surface area contributed by atoms with Crippen LogP contribution in [-0.2, 0) is 28.0 Å². The zero-order chi connectivity index (χ0) is 21.2. The Morgan fingerprint density at radius 2 is 1.90 bits per heavy atom. The molecule has 3 fully saturated rings. The Balaban J connectivity index is 1.33. The average Bonchev–Trinajstić information content (AvgIpc) is 2.90. The molecule has 0 N–H and O–H groups in total. The molecule has 3 aliphatic heterocycles. The maximum Gasteiger partial charge on any atom is 0.435 e. The molecule has 164 valence electrons. The lowest BCUT2D eigenvalue weighted by Gasteiger charge is -2.60. The van der Waals surface area contributed by atoms with E-state index in [4.69, 9.17) is 4.74 Å². The molecule has 3 aliphatic rings. The quantitative estimate of drug-likeness (QED) is 0.722.